The normalized spacial score (nSPS) is 11.5. The van der Waals surface area contributed by atoms with E-state index < -0.39 is 5.60 Å². The van der Waals surface area contributed by atoms with E-state index in [1.54, 1.807) is 20.9 Å². The van der Waals surface area contributed by atoms with Crippen LogP contribution in [-0.2, 0) is 4.79 Å². The van der Waals surface area contributed by atoms with Crippen molar-refractivity contribution < 1.29 is 9.90 Å². The average Bonchev–Trinajstić information content (AvgIpc) is 1.96. The largest absolute Gasteiger partial charge is 0.389 e. The van der Waals surface area contributed by atoms with Gasteiger partial charge >= 0.3 is 0 Å². The second kappa shape index (κ2) is 5.45. The van der Waals surface area contributed by atoms with E-state index in [1.807, 2.05) is 0 Å². The molecule has 1 N–H and O–H groups in total. The fourth-order valence-corrected chi connectivity index (χ4v) is 1.21. The van der Waals surface area contributed by atoms with Crippen LogP contribution in [0.15, 0.2) is 0 Å². The highest BCUT2D eigenvalue weighted by atomic mass is 35.5. The third-order valence-corrected chi connectivity index (χ3v) is 1.84. The molecule has 0 bridgehead atoms. The van der Waals surface area contributed by atoms with Crippen molar-refractivity contribution in [3.63, 3.8) is 0 Å². The molecule has 0 radical (unpaired) electrons. The number of amides is 1. The molecule has 0 aromatic heterocycles. The number of likely N-dealkylation sites (N-methyl/N-ethyl adjacent to an activating group) is 1. The highest BCUT2D eigenvalue weighted by Crippen LogP contribution is 2.05. The molecule has 13 heavy (non-hydrogen) atoms. The number of carbonyl (C=O) groups is 1. The lowest BCUT2D eigenvalue weighted by Crippen LogP contribution is -2.39. The molecule has 0 aliphatic carbocycles. The summed E-state index contributed by atoms with van der Waals surface area (Å²) in [5.74, 6) is 0.532. The van der Waals surface area contributed by atoms with Crippen LogP contribution in [0.25, 0.3) is 0 Å². The first-order valence-electron chi connectivity index (χ1n) is 4.39. The van der Waals surface area contributed by atoms with Crippen LogP contribution in [-0.4, -0.2) is 41.0 Å². The molecule has 3 nitrogen and oxygen atoms in total. The Balaban J connectivity index is 3.83. The summed E-state index contributed by atoms with van der Waals surface area (Å²) in [6, 6.07) is 0. The van der Waals surface area contributed by atoms with Gasteiger partial charge in [-0.25, -0.2) is 0 Å². The Kier molecular flexibility index (Phi) is 5.33. The molecule has 1 amide bonds. The molecule has 0 atom stereocenters. The van der Waals surface area contributed by atoms with Crippen LogP contribution in [0.5, 0.6) is 0 Å². The highest BCUT2D eigenvalue weighted by molar-refractivity contribution is 6.17. The van der Waals surface area contributed by atoms with Gasteiger partial charge in [-0.15, -0.1) is 11.6 Å². The maximum absolute atomic E-state index is 11.3. The lowest BCUT2D eigenvalue weighted by molar-refractivity contribution is -0.132. The molecule has 0 unspecified atom stereocenters. The van der Waals surface area contributed by atoms with Gasteiger partial charge in [-0.3, -0.25) is 4.79 Å². The van der Waals surface area contributed by atoms with Crippen LogP contribution in [0.4, 0.5) is 0 Å². The smallest absolute Gasteiger partial charge is 0.222 e. The van der Waals surface area contributed by atoms with Gasteiger partial charge in [0, 0.05) is 25.9 Å². The van der Waals surface area contributed by atoms with Crippen molar-refractivity contribution in [1.29, 1.82) is 0 Å². The first kappa shape index (κ1) is 12.7. The van der Waals surface area contributed by atoms with E-state index in [0.29, 0.717) is 25.3 Å². The Morgan fingerprint density at radius 1 is 1.54 bits per heavy atom. The van der Waals surface area contributed by atoms with Gasteiger partial charge < -0.3 is 10.0 Å². The number of carbonyl (C=O) groups excluding carboxylic acids is 1. The van der Waals surface area contributed by atoms with Gasteiger partial charge in [0.2, 0.25) is 5.91 Å². The first-order chi connectivity index (χ1) is 5.87. The summed E-state index contributed by atoms with van der Waals surface area (Å²) >= 11 is 5.46. The van der Waals surface area contributed by atoms with E-state index >= 15 is 0 Å². The van der Waals surface area contributed by atoms with Gasteiger partial charge in [0.05, 0.1) is 5.60 Å². The van der Waals surface area contributed by atoms with Crippen molar-refractivity contribution in [3.8, 4) is 0 Å². The van der Waals surface area contributed by atoms with Gasteiger partial charge in [0.25, 0.3) is 0 Å². The summed E-state index contributed by atoms with van der Waals surface area (Å²) in [6.45, 7) is 3.71. The summed E-state index contributed by atoms with van der Waals surface area (Å²) < 4.78 is 0. The van der Waals surface area contributed by atoms with Crippen molar-refractivity contribution >= 4 is 17.5 Å². The molecule has 0 aromatic rings. The summed E-state index contributed by atoms with van der Waals surface area (Å²) in [5, 5.41) is 9.44. The molecular formula is C9H18ClNO2. The third-order valence-electron chi connectivity index (χ3n) is 1.57. The van der Waals surface area contributed by atoms with Crippen molar-refractivity contribution in [2.24, 2.45) is 0 Å². The zero-order chi connectivity index (χ0) is 10.5. The molecule has 78 valence electrons. The second-order valence-electron chi connectivity index (χ2n) is 3.85. The fourth-order valence-electron chi connectivity index (χ4n) is 1.08. The van der Waals surface area contributed by atoms with Gasteiger partial charge in [-0.05, 0) is 20.3 Å². The van der Waals surface area contributed by atoms with Crippen LogP contribution in [0.3, 0.4) is 0 Å². The monoisotopic (exact) mass is 207 g/mol. The molecule has 0 spiro atoms. The zero-order valence-corrected chi connectivity index (χ0v) is 9.26. The highest BCUT2D eigenvalue weighted by Gasteiger charge is 2.18. The van der Waals surface area contributed by atoms with Gasteiger partial charge in [-0.2, -0.15) is 0 Å². The predicted octanol–water partition coefficient (Wildman–Crippen LogP) is 1.23. The zero-order valence-electron chi connectivity index (χ0n) is 8.51. The molecule has 4 heteroatoms. The van der Waals surface area contributed by atoms with Crippen LogP contribution in [0.1, 0.15) is 26.7 Å². The van der Waals surface area contributed by atoms with Gasteiger partial charge in [-0.1, -0.05) is 0 Å². The SMILES string of the molecule is CN(CC(C)(C)O)C(=O)CCCCl. The summed E-state index contributed by atoms with van der Waals surface area (Å²) in [4.78, 5) is 12.9. The van der Waals surface area contributed by atoms with E-state index in [4.69, 9.17) is 11.6 Å². The predicted molar refractivity (Wildman–Crippen MR) is 53.9 cm³/mol. The average molecular weight is 208 g/mol. The molecule has 0 saturated heterocycles. The molecule has 0 aliphatic heterocycles. The minimum absolute atomic E-state index is 0.0303. The lowest BCUT2D eigenvalue weighted by Gasteiger charge is -2.25. The topological polar surface area (TPSA) is 40.5 Å². The van der Waals surface area contributed by atoms with E-state index in [-0.39, 0.29) is 5.91 Å². The quantitative estimate of drug-likeness (QED) is 0.690. The van der Waals surface area contributed by atoms with Crippen LogP contribution in [0, 0.1) is 0 Å². The van der Waals surface area contributed by atoms with E-state index in [2.05, 4.69) is 0 Å². The summed E-state index contributed by atoms with van der Waals surface area (Å²) in [6.07, 6.45) is 1.15. The van der Waals surface area contributed by atoms with Crippen molar-refractivity contribution in [2.45, 2.75) is 32.3 Å². The Hall–Kier alpha value is -0.280. The minimum atomic E-state index is -0.828. The number of nitrogens with zero attached hydrogens (tertiary/aromatic N) is 1. The number of rotatable bonds is 5. The van der Waals surface area contributed by atoms with E-state index in [0.717, 1.165) is 0 Å². The van der Waals surface area contributed by atoms with Crippen molar-refractivity contribution in [1.82, 2.24) is 4.90 Å². The van der Waals surface area contributed by atoms with Crippen LogP contribution < -0.4 is 0 Å². The standard InChI is InChI=1S/C9H18ClNO2/c1-9(2,13)7-11(3)8(12)5-4-6-10/h13H,4-7H2,1-3H3. The molecule has 0 aliphatic rings. The Morgan fingerprint density at radius 2 is 2.08 bits per heavy atom. The maximum atomic E-state index is 11.3. The molecule has 0 rings (SSSR count). The number of hydrogen-bond acceptors (Lipinski definition) is 2. The number of aliphatic hydroxyl groups is 1. The fraction of sp³-hybridized carbons (Fsp3) is 0.889. The Morgan fingerprint density at radius 3 is 2.46 bits per heavy atom. The summed E-state index contributed by atoms with van der Waals surface area (Å²) in [7, 11) is 1.69. The van der Waals surface area contributed by atoms with Crippen molar-refractivity contribution in [3.05, 3.63) is 0 Å². The van der Waals surface area contributed by atoms with Gasteiger partial charge in [0.15, 0.2) is 0 Å². The number of hydrogen-bond donors (Lipinski definition) is 1. The molecule has 0 fully saturated rings. The minimum Gasteiger partial charge on any atom is -0.389 e. The second-order valence-corrected chi connectivity index (χ2v) is 4.23. The van der Waals surface area contributed by atoms with Crippen LogP contribution in [0.2, 0.25) is 0 Å². The third kappa shape index (κ3) is 6.84. The molecule has 0 aromatic carbocycles. The van der Waals surface area contributed by atoms with E-state index in [9.17, 15) is 9.90 Å². The van der Waals surface area contributed by atoms with E-state index in [1.165, 1.54) is 4.90 Å². The molecular weight excluding hydrogens is 190 g/mol. The van der Waals surface area contributed by atoms with Gasteiger partial charge in [0.1, 0.15) is 0 Å². The Labute approximate surface area is 84.7 Å². The lowest BCUT2D eigenvalue weighted by atomic mass is 10.1. The summed E-state index contributed by atoms with van der Waals surface area (Å²) in [5.41, 5.74) is -0.828. The maximum Gasteiger partial charge on any atom is 0.222 e. The molecule has 0 heterocycles. The Bertz CT molecular complexity index is 165. The first-order valence-corrected chi connectivity index (χ1v) is 4.92. The number of halogens is 1. The number of alkyl halides is 1. The van der Waals surface area contributed by atoms with Crippen LogP contribution >= 0.6 is 11.6 Å². The van der Waals surface area contributed by atoms with Crippen molar-refractivity contribution in [2.75, 3.05) is 19.5 Å². The molecule has 0 saturated carbocycles.